The smallest absolute Gasteiger partial charge is 0.326 e. The van der Waals surface area contributed by atoms with Crippen molar-refractivity contribution in [1.29, 1.82) is 0 Å². The number of ether oxygens (including phenoxy) is 1. The Balaban J connectivity index is 1.32. The second-order valence-electron chi connectivity index (χ2n) is 11.0. The normalized spacial score (nSPS) is 17.0. The van der Waals surface area contributed by atoms with E-state index in [2.05, 4.69) is 27.8 Å². The number of carboxylic acids is 1. The summed E-state index contributed by atoms with van der Waals surface area (Å²) in [5.41, 5.74) is 3.19. The highest BCUT2D eigenvalue weighted by atomic mass is 19.1. The van der Waals surface area contributed by atoms with E-state index in [1.165, 1.54) is 12.7 Å². The topological polar surface area (TPSA) is 117 Å². The van der Waals surface area contributed by atoms with Gasteiger partial charge in [-0.15, -0.1) is 0 Å². The number of nitrogens with one attached hydrogen (secondary N) is 2. The van der Waals surface area contributed by atoms with Crippen molar-refractivity contribution in [2.75, 3.05) is 45.3 Å². The van der Waals surface area contributed by atoms with Crippen molar-refractivity contribution >= 4 is 17.7 Å². The number of pyridine rings is 2. The van der Waals surface area contributed by atoms with Gasteiger partial charge in [-0.1, -0.05) is 12.1 Å². The lowest BCUT2D eigenvalue weighted by atomic mass is 9.96. The first-order chi connectivity index (χ1) is 19.4. The van der Waals surface area contributed by atoms with Crippen LogP contribution in [0.25, 0.3) is 0 Å². The Morgan fingerprint density at radius 2 is 2.08 bits per heavy atom. The first kappa shape index (κ1) is 29.9. The minimum absolute atomic E-state index is 0.207. The van der Waals surface area contributed by atoms with Gasteiger partial charge in [0, 0.05) is 38.6 Å². The van der Waals surface area contributed by atoms with Gasteiger partial charge in [-0.25, -0.2) is 14.2 Å². The number of carbonyl (C=O) groups excluding carboxylic acids is 1. The van der Waals surface area contributed by atoms with Gasteiger partial charge >= 0.3 is 5.97 Å². The van der Waals surface area contributed by atoms with Crippen LogP contribution in [0.4, 0.5) is 10.2 Å². The molecule has 0 spiro atoms. The first-order valence-electron chi connectivity index (χ1n) is 14.4. The number of carbonyl (C=O) groups is 2. The van der Waals surface area contributed by atoms with Crippen LogP contribution in [0.3, 0.4) is 0 Å². The molecule has 3 heterocycles. The molecule has 4 rings (SSSR count). The zero-order valence-electron chi connectivity index (χ0n) is 23.6. The van der Waals surface area contributed by atoms with Crippen LogP contribution in [0.2, 0.25) is 0 Å². The number of halogens is 1. The van der Waals surface area contributed by atoms with Gasteiger partial charge in [0.15, 0.2) is 0 Å². The van der Waals surface area contributed by atoms with E-state index in [9.17, 15) is 19.1 Å². The lowest BCUT2D eigenvalue weighted by molar-refractivity contribution is -0.142. The standard InChI is InChI=1S/C30H42FN5O4/c1-21-7-5-15-32-26(21)30(13-14-30)29(39)35-25(28(37)38)12-18-36(20-24(19-31)40-2)17-4-3-9-23-11-10-22-8-6-16-33-27(22)34-23/h5,7,10-11,15,24-25H,3-4,6,8-9,12-14,16-20H2,1-2H3,(H,33,34)(H,35,39)(H,37,38). The van der Waals surface area contributed by atoms with E-state index < -0.39 is 30.2 Å². The van der Waals surface area contributed by atoms with E-state index >= 15 is 0 Å². The summed E-state index contributed by atoms with van der Waals surface area (Å²) in [6.45, 7) is 3.66. The molecule has 40 heavy (non-hydrogen) atoms. The summed E-state index contributed by atoms with van der Waals surface area (Å²) in [5.74, 6) is -0.384. The largest absolute Gasteiger partial charge is 0.480 e. The van der Waals surface area contributed by atoms with Gasteiger partial charge in [-0.2, -0.15) is 0 Å². The average Bonchev–Trinajstić information content (AvgIpc) is 3.77. The van der Waals surface area contributed by atoms with Crippen molar-refractivity contribution < 1.29 is 23.8 Å². The molecule has 2 aromatic heterocycles. The molecule has 1 amide bonds. The van der Waals surface area contributed by atoms with Crippen molar-refractivity contribution in [1.82, 2.24) is 20.2 Å². The number of nitrogens with zero attached hydrogens (tertiary/aromatic N) is 3. The summed E-state index contributed by atoms with van der Waals surface area (Å²) in [6.07, 6.45) is 7.35. The van der Waals surface area contributed by atoms with Crippen molar-refractivity contribution in [2.24, 2.45) is 0 Å². The third-order valence-electron chi connectivity index (χ3n) is 8.06. The molecule has 218 valence electrons. The first-order valence-corrected chi connectivity index (χ1v) is 14.4. The number of methoxy groups -OCH3 is 1. The molecule has 3 N–H and O–H groups in total. The Bertz CT molecular complexity index is 1150. The Labute approximate surface area is 235 Å². The van der Waals surface area contributed by atoms with E-state index in [1.807, 2.05) is 24.0 Å². The van der Waals surface area contributed by atoms with Crippen LogP contribution in [0.15, 0.2) is 30.5 Å². The molecule has 0 radical (unpaired) electrons. The molecule has 1 aliphatic heterocycles. The number of amides is 1. The van der Waals surface area contributed by atoms with Gasteiger partial charge in [0.25, 0.3) is 0 Å². The summed E-state index contributed by atoms with van der Waals surface area (Å²) in [7, 11) is 1.48. The van der Waals surface area contributed by atoms with Gasteiger partial charge in [-0.3, -0.25) is 9.78 Å². The zero-order valence-corrected chi connectivity index (χ0v) is 23.6. The summed E-state index contributed by atoms with van der Waals surface area (Å²) in [6, 6.07) is 6.94. The number of aliphatic carboxylic acids is 1. The van der Waals surface area contributed by atoms with Gasteiger partial charge in [0.2, 0.25) is 5.91 Å². The number of fused-ring (bicyclic) bond motifs is 1. The summed E-state index contributed by atoms with van der Waals surface area (Å²) in [5, 5.41) is 16.0. The lowest BCUT2D eigenvalue weighted by Gasteiger charge is -2.27. The second kappa shape index (κ2) is 14.0. The number of carboxylic acid groups (broad SMARTS) is 1. The summed E-state index contributed by atoms with van der Waals surface area (Å²) in [4.78, 5) is 36.6. The SMILES string of the molecule is COC(CF)CN(CCCCc1ccc2c(n1)NCCC2)CCC(NC(=O)C1(c2ncccc2C)CC1)C(=O)O. The van der Waals surface area contributed by atoms with Crippen molar-refractivity contribution in [3.63, 3.8) is 0 Å². The minimum atomic E-state index is -1.08. The van der Waals surface area contributed by atoms with E-state index in [4.69, 9.17) is 9.72 Å². The van der Waals surface area contributed by atoms with E-state index in [0.717, 1.165) is 55.7 Å². The zero-order chi connectivity index (χ0) is 28.5. The van der Waals surface area contributed by atoms with Crippen LogP contribution in [-0.4, -0.2) is 84.0 Å². The van der Waals surface area contributed by atoms with E-state index in [1.54, 1.807) is 6.20 Å². The Morgan fingerprint density at radius 1 is 1.25 bits per heavy atom. The van der Waals surface area contributed by atoms with Crippen molar-refractivity contribution in [2.45, 2.75) is 75.9 Å². The number of anilines is 1. The molecule has 1 aliphatic carbocycles. The Morgan fingerprint density at radius 3 is 2.77 bits per heavy atom. The van der Waals surface area contributed by atoms with Gasteiger partial charge < -0.3 is 25.4 Å². The molecule has 2 aliphatic rings. The molecular formula is C30H42FN5O4. The molecule has 0 saturated heterocycles. The highest BCUT2D eigenvalue weighted by Gasteiger charge is 2.53. The quantitative estimate of drug-likeness (QED) is 0.270. The second-order valence-corrected chi connectivity index (χ2v) is 11.0. The third kappa shape index (κ3) is 7.54. The number of alkyl halides is 1. The molecular weight excluding hydrogens is 513 g/mol. The van der Waals surface area contributed by atoms with Crippen molar-refractivity contribution in [3.8, 4) is 0 Å². The van der Waals surface area contributed by atoms with Crippen molar-refractivity contribution in [3.05, 3.63) is 53.0 Å². The molecule has 1 saturated carbocycles. The third-order valence-corrected chi connectivity index (χ3v) is 8.06. The minimum Gasteiger partial charge on any atom is -0.480 e. The fraction of sp³-hybridized carbons (Fsp3) is 0.600. The molecule has 1 fully saturated rings. The highest BCUT2D eigenvalue weighted by molar-refractivity contribution is 5.93. The molecule has 2 atom stereocenters. The fourth-order valence-electron chi connectivity index (χ4n) is 5.47. The Kier molecular flexibility index (Phi) is 10.4. The molecule has 2 aromatic rings. The highest BCUT2D eigenvalue weighted by Crippen LogP contribution is 2.48. The van der Waals surface area contributed by atoms with Crippen LogP contribution in [0.5, 0.6) is 0 Å². The van der Waals surface area contributed by atoms with Crippen LogP contribution in [0.1, 0.15) is 61.0 Å². The maximum atomic E-state index is 13.5. The van der Waals surface area contributed by atoms with E-state index in [-0.39, 0.29) is 12.3 Å². The number of aromatic nitrogens is 2. The molecule has 2 unspecified atom stereocenters. The maximum absolute atomic E-state index is 13.5. The summed E-state index contributed by atoms with van der Waals surface area (Å²) < 4.78 is 18.7. The maximum Gasteiger partial charge on any atom is 0.326 e. The number of hydrogen-bond donors (Lipinski definition) is 3. The molecule has 0 aromatic carbocycles. The van der Waals surface area contributed by atoms with Crippen LogP contribution < -0.4 is 10.6 Å². The van der Waals surface area contributed by atoms with Gasteiger partial charge in [0.05, 0.1) is 17.2 Å². The molecule has 0 bridgehead atoms. The monoisotopic (exact) mass is 555 g/mol. The van der Waals surface area contributed by atoms with Crippen LogP contribution in [-0.2, 0) is 32.6 Å². The van der Waals surface area contributed by atoms with Crippen LogP contribution >= 0.6 is 0 Å². The molecule has 9 nitrogen and oxygen atoms in total. The lowest BCUT2D eigenvalue weighted by Crippen LogP contribution is -2.48. The van der Waals surface area contributed by atoms with Gasteiger partial charge in [0.1, 0.15) is 18.5 Å². The number of aryl methyl sites for hydroxylation is 3. The van der Waals surface area contributed by atoms with E-state index in [0.29, 0.717) is 38.2 Å². The van der Waals surface area contributed by atoms with Crippen LogP contribution in [0, 0.1) is 6.92 Å². The fourth-order valence-corrected chi connectivity index (χ4v) is 5.47. The Hall–Kier alpha value is -3.11. The number of rotatable bonds is 16. The predicted molar refractivity (Wildman–Crippen MR) is 151 cm³/mol. The molecule has 10 heteroatoms. The number of hydrogen-bond acceptors (Lipinski definition) is 7. The summed E-state index contributed by atoms with van der Waals surface area (Å²) >= 11 is 0. The number of unbranched alkanes of at least 4 members (excludes halogenated alkanes) is 1. The van der Waals surface area contributed by atoms with Gasteiger partial charge in [-0.05, 0) is 88.1 Å². The average molecular weight is 556 g/mol. The predicted octanol–water partition coefficient (Wildman–Crippen LogP) is 3.44.